The number of rotatable bonds is 7. The Morgan fingerprint density at radius 2 is 1.86 bits per heavy atom. The molecule has 0 aliphatic heterocycles. The third kappa shape index (κ3) is 3.76. The fourth-order valence-corrected chi connectivity index (χ4v) is 3.89. The van der Waals surface area contributed by atoms with Gasteiger partial charge in [0.05, 0.1) is 5.52 Å². The zero-order chi connectivity index (χ0) is 20.5. The molecule has 0 saturated heterocycles. The van der Waals surface area contributed by atoms with Gasteiger partial charge in [0, 0.05) is 28.2 Å². The normalized spacial score (nSPS) is 11.7. The summed E-state index contributed by atoms with van der Waals surface area (Å²) in [5, 5.41) is 12.7. The average molecular weight is 394 g/mol. The lowest BCUT2D eigenvalue weighted by atomic mass is 10.1. The zero-order valence-electron chi connectivity index (χ0n) is 16.5. The second-order valence-corrected chi connectivity index (χ2v) is 7.50. The monoisotopic (exact) mass is 394 g/mol. The average Bonchev–Trinajstić information content (AvgIpc) is 2.99. The molecule has 1 aromatic heterocycles. The number of aliphatic carboxylic acids is 1. The summed E-state index contributed by atoms with van der Waals surface area (Å²) in [6, 6.07) is 14.5. The molecule has 1 heterocycles. The molecule has 4 rings (SSSR count). The van der Waals surface area contributed by atoms with E-state index in [4.69, 9.17) is 9.84 Å². The van der Waals surface area contributed by atoms with Crippen LogP contribution in [0.15, 0.2) is 48.5 Å². The molecule has 4 aromatic rings. The van der Waals surface area contributed by atoms with E-state index in [0.717, 1.165) is 52.1 Å². The van der Waals surface area contributed by atoms with Gasteiger partial charge in [0.25, 0.3) is 0 Å². The maximum absolute atomic E-state index is 14.0. The van der Waals surface area contributed by atoms with E-state index >= 15 is 0 Å². The van der Waals surface area contributed by atoms with Crippen LogP contribution in [0.25, 0.3) is 32.6 Å². The third-order valence-corrected chi connectivity index (χ3v) is 5.12. The molecule has 5 nitrogen and oxygen atoms in total. The van der Waals surface area contributed by atoms with Crippen LogP contribution in [-0.2, 0) is 11.3 Å². The highest BCUT2D eigenvalue weighted by Gasteiger charge is 2.15. The lowest BCUT2D eigenvalue weighted by Gasteiger charge is -2.13. The highest BCUT2D eigenvalue weighted by Crippen LogP contribution is 2.36. The number of hydrogen-bond acceptors (Lipinski definition) is 3. The predicted octanol–water partition coefficient (Wildman–Crippen LogP) is 4.50. The number of fused-ring (bicyclic) bond motifs is 5. The number of hydrogen-bond donors (Lipinski definition) is 1. The minimum Gasteiger partial charge on any atom is -0.482 e. The molecule has 0 saturated carbocycles. The molecule has 0 unspecified atom stereocenters. The van der Waals surface area contributed by atoms with Crippen LogP contribution in [0.4, 0.5) is 4.39 Å². The van der Waals surface area contributed by atoms with Gasteiger partial charge in [0.1, 0.15) is 11.6 Å². The van der Waals surface area contributed by atoms with Crippen LogP contribution >= 0.6 is 0 Å². The van der Waals surface area contributed by atoms with Gasteiger partial charge in [-0.2, -0.15) is 0 Å². The standard InChI is InChI=1S/C23H23FN2O3/c1-25(2)10-3-11-26-21-9-5-16(24)13-20(21)19-7-4-15-12-17(29-14-22(27)28)6-8-18(15)23(19)26/h4-9,12-13H,3,10-11,14H2,1-2H3,(H,27,28). The van der Waals surface area contributed by atoms with Crippen LogP contribution in [0.2, 0.25) is 0 Å². The Labute approximate surface area is 167 Å². The van der Waals surface area contributed by atoms with E-state index in [1.54, 1.807) is 12.1 Å². The Hall–Kier alpha value is -3.12. The van der Waals surface area contributed by atoms with Crippen molar-refractivity contribution >= 4 is 38.5 Å². The maximum Gasteiger partial charge on any atom is 0.341 e. The van der Waals surface area contributed by atoms with E-state index < -0.39 is 5.97 Å². The van der Waals surface area contributed by atoms with Gasteiger partial charge in [-0.15, -0.1) is 0 Å². The van der Waals surface area contributed by atoms with Gasteiger partial charge < -0.3 is 19.3 Å². The minimum atomic E-state index is -1.01. The van der Waals surface area contributed by atoms with E-state index in [1.807, 2.05) is 30.3 Å². The Morgan fingerprint density at radius 1 is 1.07 bits per heavy atom. The number of benzene rings is 3. The first kappa shape index (κ1) is 19.2. The minimum absolute atomic E-state index is 0.248. The van der Waals surface area contributed by atoms with Gasteiger partial charge >= 0.3 is 5.97 Å². The fourth-order valence-electron chi connectivity index (χ4n) is 3.89. The smallest absolute Gasteiger partial charge is 0.341 e. The molecular formula is C23H23FN2O3. The van der Waals surface area contributed by atoms with E-state index in [-0.39, 0.29) is 12.4 Å². The SMILES string of the molecule is CN(C)CCCn1c2ccc(F)cc2c2ccc3cc(OCC(=O)O)ccc3c21. The second-order valence-electron chi connectivity index (χ2n) is 7.50. The summed E-state index contributed by atoms with van der Waals surface area (Å²) in [6.07, 6.45) is 0.972. The van der Waals surface area contributed by atoms with E-state index in [9.17, 15) is 9.18 Å². The summed E-state index contributed by atoms with van der Waals surface area (Å²) >= 11 is 0. The van der Waals surface area contributed by atoms with Gasteiger partial charge in [-0.1, -0.05) is 12.1 Å². The molecule has 0 spiro atoms. The molecule has 29 heavy (non-hydrogen) atoms. The molecule has 6 heteroatoms. The summed E-state index contributed by atoms with van der Waals surface area (Å²) in [5.41, 5.74) is 2.07. The van der Waals surface area contributed by atoms with E-state index in [1.165, 1.54) is 6.07 Å². The van der Waals surface area contributed by atoms with Gasteiger partial charge in [-0.05, 0) is 68.8 Å². The summed E-state index contributed by atoms with van der Waals surface area (Å²) in [4.78, 5) is 12.9. The molecular weight excluding hydrogens is 371 g/mol. The first-order valence-electron chi connectivity index (χ1n) is 9.57. The number of carboxylic acids is 1. The van der Waals surface area contributed by atoms with Gasteiger partial charge in [0.15, 0.2) is 6.61 Å². The van der Waals surface area contributed by atoms with Crippen molar-refractivity contribution in [3.8, 4) is 5.75 Å². The van der Waals surface area contributed by atoms with Crippen LogP contribution in [-0.4, -0.2) is 47.8 Å². The highest BCUT2D eigenvalue weighted by atomic mass is 19.1. The molecule has 0 aliphatic carbocycles. The third-order valence-electron chi connectivity index (χ3n) is 5.12. The van der Waals surface area contributed by atoms with Crippen LogP contribution in [0, 0.1) is 5.82 Å². The largest absolute Gasteiger partial charge is 0.482 e. The maximum atomic E-state index is 14.0. The molecule has 0 radical (unpaired) electrons. The summed E-state index contributed by atoms with van der Waals surface area (Å²) in [5.74, 6) is -0.744. The first-order chi connectivity index (χ1) is 13.9. The van der Waals surface area contributed by atoms with E-state index in [2.05, 4.69) is 23.6 Å². The number of nitrogens with zero attached hydrogens (tertiary/aromatic N) is 2. The fraction of sp³-hybridized carbons (Fsp3) is 0.261. The van der Waals surface area contributed by atoms with Crippen molar-refractivity contribution in [1.29, 1.82) is 0 Å². The van der Waals surface area contributed by atoms with Crippen molar-refractivity contribution < 1.29 is 19.0 Å². The highest BCUT2D eigenvalue weighted by molar-refractivity contribution is 6.17. The Morgan fingerprint density at radius 3 is 2.62 bits per heavy atom. The number of halogens is 1. The number of carbonyl (C=O) groups is 1. The van der Waals surface area contributed by atoms with Gasteiger partial charge in [0.2, 0.25) is 0 Å². The van der Waals surface area contributed by atoms with Crippen LogP contribution < -0.4 is 4.74 Å². The number of aryl methyl sites for hydroxylation is 1. The Bertz CT molecular complexity index is 1210. The zero-order valence-corrected chi connectivity index (χ0v) is 16.5. The molecule has 0 bridgehead atoms. The van der Waals surface area contributed by atoms with Crippen molar-refractivity contribution in [2.24, 2.45) is 0 Å². The van der Waals surface area contributed by atoms with Crippen molar-refractivity contribution in [3.05, 3.63) is 54.3 Å². The predicted molar refractivity (Wildman–Crippen MR) is 113 cm³/mol. The quantitative estimate of drug-likeness (QED) is 0.501. The molecule has 0 aliphatic rings. The van der Waals surface area contributed by atoms with E-state index in [0.29, 0.717) is 5.75 Å². The molecule has 3 aromatic carbocycles. The molecule has 1 N–H and O–H groups in total. The van der Waals surface area contributed by atoms with Crippen LogP contribution in [0.5, 0.6) is 5.75 Å². The summed E-state index contributed by atoms with van der Waals surface area (Å²) in [7, 11) is 4.10. The molecule has 150 valence electrons. The first-order valence-corrected chi connectivity index (χ1v) is 9.57. The van der Waals surface area contributed by atoms with Crippen molar-refractivity contribution in [2.75, 3.05) is 27.2 Å². The lowest BCUT2D eigenvalue weighted by Crippen LogP contribution is -2.15. The topological polar surface area (TPSA) is 54.7 Å². The second kappa shape index (κ2) is 7.72. The summed E-state index contributed by atoms with van der Waals surface area (Å²) in [6.45, 7) is 1.40. The molecule has 0 atom stereocenters. The molecule has 0 fully saturated rings. The molecule has 0 amide bonds. The summed E-state index contributed by atoms with van der Waals surface area (Å²) < 4.78 is 21.5. The van der Waals surface area contributed by atoms with Crippen molar-refractivity contribution in [1.82, 2.24) is 9.47 Å². The Kier molecular flexibility index (Phi) is 5.11. The number of ether oxygens (including phenoxy) is 1. The van der Waals surface area contributed by atoms with Crippen LogP contribution in [0.1, 0.15) is 6.42 Å². The van der Waals surface area contributed by atoms with Gasteiger partial charge in [-0.25, -0.2) is 9.18 Å². The van der Waals surface area contributed by atoms with Crippen molar-refractivity contribution in [2.45, 2.75) is 13.0 Å². The Balaban J connectivity index is 1.89. The lowest BCUT2D eigenvalue weighted by molar-refractivity contribution is -0.139. The number of carboxylic acid groups (broad SMARTS) is 1. The number of aromatic nitrogens is 1. The van der Waals surface area contributed by atoms with Gasteiger partial charge in [-0.3, -0.25) is 0 Å². The van der Waals surface area contributed by atoms with Crippen molar-refractivity contribution in [3.63, 3.8) is 0 Å². The van der Waals surface area contributed by atoms with Crippen LogP contribution in [0.3, 0.4) is 0 Å².